The molecule has 0 aliphatic carbocycles. The van der Waals surface area contributed by atoms with Crippen molar-refractivity contribution in [1.82, 2.24) is 0 Å². The lowest BCUT2D eigenvalue weighted by molar-refractivity contribution is 0.250. The molecule has 0 atom stereocenters. The van der Waals surface area contributed by atoms with Crippen LogP contribution in [-0.2, 0) is 0 Å². The molecule has 5 heteroatoms. The number of anilines is 2. The first-order chi connectivity index (χ1) is 9.74. The number of amides is 2. The highest BCUT2D eigenvalue weighted by Crippen LogP contribution is 2.31. The van der Waals surface area contributed by atoms with Crippen LogP contribution in [0.15, 0.2) is 48.5 Å². The third-order valence-electron chi connectivity index (χ3n) is 3.07. The molecule has 0 spiro atoms. The van der Waals surface area contributed by atoms with Crippen molar-refractivity contribution in [1.29, 1.82) is 0 Å². The molecule has 1 heterocycles. The van der Waals surface area contributed by atoms with E-state index in [1.807, 2.05) is 24.3 Å². The molecule has 0 saturated heterocycles. The van der Waals surface area contributed by atoms with Crippen LogP contribution in [0.5, 0.6) is 5.75 Å². The minimum Gasteiger partial charge on any atom is -0.490 e. The summed E-state index contributed by atoms with van der Waals surface area (Å²) in [6.07, 6.45) is 0. The maximum Gasteiger partial charge on any atom is 0.326 e. The maximum absolute atomic E-state index is 12.3. The van der Waals surface area contributed by atoms with Crippen LogP contribution in [-0.4, -0.2) is 19.2 Å². The van der Waals surface area contributed by atoms with Gasteiger partial charge in [0.2, 0.25) is 0 Å². The molecule has 0 saturated carbocycles. The topological polar surface area (TPSA) is 41.6 Å². The smallest absolute Gasteiger partial charge is 0.326 e. The average Bonchev–Trinajstić information content (AvgIpc) is 2.49. The van der Waals surface area contributed by atoms with Gasteiger partial charge in [0.05, 0.1) is 12.2 Å². The lowest BCUT2D eigenvalue weighted by Crippen LogP contribution is -2.40. The molecule has 1 aliphatic rings. The van der Waals surface area contributed by atoms with E-state index >= 15 is 0 Å². The van der Waals surface area contributed by atoms with Crippen LogP contribution in [0.1, 0.15) is 0 Å². The summed E-state index contributed by atoms with van der Waals surface area (Å²) in [7, 11) is 0. The molecular weight excluding hydrogens is 276 g/mol. The predicted molar refractivity (Wildman–Crippen MR) is 79.8 cm³/mol. The van der Waals surface area contributed by atoms with Gasteiger partial charge in [-0.2, -0.15) is 0 Å². The van der Waals surface area contributed by atoms with Gasteiger partial charge in [0.15, 0.2) is 0 Å². The highest BCUT2D eigenvalue weighted by atomic mass is 35.5. The summed E-state index contributed by atoms with van der Waals surface area (Å²) in [5.74, 6) is 0.727. The zero-order valence-corrected chi connectivity index (χ0v) is 11.4. The Hall–Kier alpha value is -2.20. The minimum absolute atomic E-state index is 0.178. The average molecular weight is 289 g/mol. The van der Waals surface area contributed by atoms with E-state index in [-0.39, 0.29) is 6.03 Å². The summed E-state index contributed by atoms with van der Waals surface area (Å²) in [6.45, 7) is 1.02. The van der Waals surface area contributed by atoms with E-state index in [4.69, 9.17) is 16.3 Å². The van der Waals surface area contributed by atoms with Gasteiger partial charge in [0, 0.05) is 10.7 Å². The third kappa shape index (κ3) is 2.56. The Balaban J connectivity index is 1.80. The normalized spacial score (nSPS) is 13.3. The van der Waals surface area contributed by atoms with Gasteiger partial charge in [-0.05, 0) is 36.4 Å². The van der Waals surface area contributed by atoms with E-state index in [0.717, 1.165) is 11.4 Å². The number of hydrogen-bond donors (Lipinski definition) is 1. The van der Waals surface area contributed by atoms with Crippen molar-refractivity contribution in [3.63, 3.8) is 0 Å². The third-order valence-corrected chi connectivity index (χ3v) is 3.32. The van der Waals surface area contributed by atoms with Crippen molar-refractivity contribution in [2.45, 2.75) is 0 Å². The minimum atomic E-state index is -0.178. The molecule has 3 rings (SSSR count). The maximum atomic E-state index is 12.3. The Morgan fingerprint density at radius 1 is 1.15 bits per heavy atom. The quantitative estimate of drug-likeness (QED) is 0.868. The number of nitrogens with one attached hydrogen (secondary N) is 1. The van der Waals surface area contributed by atoms with Crippen molar-refractivity contribution in [3.05, 3.63) is 53.6 Å². The Kier molecular flexibility index (Phi) is 3.48. The number of carbonyl (C=O) groups excluding carboxylic acids is 1. The summed E-state index contributed by atoms with van der Waals surface area (Å²) in [5, 5.41) is 3.49. The summed E-state index contributed by atoms with van der Waals surface area (Å²) in [5.41, 5.74) is 1.49. The predicted octanol–water partition coefficient (Wildman–Crippen LogP) is 3.77. The van der Waals surface area contributed by atoms with Crippen LogP contribution in [0.3, 0.4) is 0 Å². The molecule has 2 aromatic carbocycles. The molecule has 0 unspecified atom stereocenters. The summed E-state index contributed by atoms with van der Waals surface area (Å²) >= 11 is 5.82. The molecule has 0 fully saturated rings. The van der Waals surface area contributed by atoms with E-state index in [9.17, 15) is 4.79 Å². The van der Waals surface area contributed by atoms with Gasteiger partial charge >= 0.3 is 6.03 Å². The molecule has 0 bridgehead atoms. The van der Waals surface area contributed by atoms with Gasteiger partial charge in [-0.15, -0.1) is 0 Å². The first-order valence-electron chi connectivity index (χ1n) is 6.30. The molecule has 0 radical (unpaired) electrons. The molecule has 20 heavy (non-hydrogen) atoms. The standard InChI is InChI=1S/C15H13ClN2O2/c16-11-5-7-12(8-6-11)17-15(19)18-9-10-20-14-4-2-1-3-13(14)18/h1-8H,9-10H2,(H,17,19). The van der Waals surface area contributed by atoms with Crippen molar-refractivity contribution >= 4 is 29.0 Å². The number of para-hydroxylation sites is 2. The molecule has 0 aromatic heterocycles. The van der Waals surface area contributed by atoms with Crippen molar-refractivity contribution in [2.24, 2.45) is 0 Å². The number of ether oxygens (including phenoxy) is 1. The Labute approximate surface area is 121 Å². The van der Waals surface area contributed by atoms with Crippen molar-refractivity contribution in [2.75, 3.05) is 23.4 Å². The Morgan fingerprint density at radius 2 is 1.90 bits per heavy atom. The van der Waals surface area contributed by atoms with Gasteiger partial charge in [0.25, 0.3) is 0 Å². The second kappa shape index (κ2) is 5.43. The van der Waals surface area contributed by atoms with Crippen LogP contribution in [0.2, 0.25) is 5.02 Å². The lowest BCUT2D eigenvalue weighted by Gasteiger charge is -2.29. The van der Waals surface area contributed by atoms with Crippen LogP contribution < -0.4 is 15.0 Å². The SMILES string of the molecule is O=C(Nc1ccc(Cl)cc1)N1CCOc2ccccc21. The monoisotopic (exact) mass is 288 g/mol. The van der Waals surface area contributed by atoms with Crippen LogP contribution >= 0.6 is 11.6 Å². The van der Waals surface area contributed by atoms with Gasteiger partial charge in [-0.1, -0.05) is 23.7 Å². The second-order valence-electron chi connectivity index (χ2n) is 4.40. The van der Waals surface area contributed by atoms with Gasteiger partial charge in [-0.25, -0.2) is 4.79 Å². The molecule has 1 aliphatic heterocycles. The Bertz CT molecular complexity index is 628. The van der Waals surface area contributed by atoms with Gasteiger partial charge < -0.3 is 10.1 Å². The van der Waals surface area contributed by atoms with Crippen LogP contribution in [0, 0.1) is 0 Å². The lowest BCUT2D eigenvalue weighted by atomic mass is 10.2. The molecule has 2 aromatic rings. The number of hydrogen-bond acceptors (Lipinski definition) is 2. The highest BCUT2D eigenvalue weighted by molar-refractivity contribution is 6.30. The zero-order valence-electron chi connectivity index (χ0n) is 10.7. The van der Waals surface area contributed by atoms with Gasteiger partial charge in [-0.3, -0.25) is 4.90 Å². The number of rotatable bonds is 1. The molecule has 4 nitrogen and oxygen atoms in total. The number of carbonyl (C=O) groups is 1. The van der Waals surface area contributed by atoms with E-state index in [1.165, 1.54) is 0 Å². The fraction of sp³-hybridized carbons (Fsp3) is 0.133. The zero-order chi connectivity index (χ0) is 13.9. The summed E-state index contributed by atoms with van der Waals surface area (Å²) < 4.78 is 5.53. The summed E-state index contributed by atoms with van der Waals surface area (Å²) in [6, 6.07) is 14.3. The van der Waals surface area contributed by atoms with Crippen LogP contribution in [0.4, 0.5) is 16.2 Å². The first kappa shape index (κ1) is 12.8. The molecular formula is C15H13ClN2O2. The van der Waals surface area contributed by atoms with Crippen molar-refractivity contribution in [3.8, 4) is 5.75 Å². The number of urea groups is 1. The Morgan fingerprint density at radius 3 is 2.70 bits per heavy atom. The van der Waals surface area contributed by atoms with Gasteiger partial charge in [0.1, 0.15) is 12.4 Å². The van der Waals surface area contributed by atoms with E-state index < -0.39 is 0 Å². The number of benzene rings is 2. The largest absolute Gasteiger partial charge is 0.490 e. The number of fused-ring (bicyclic) bond motifs is 1. The molecule has 1 N–H and O–H groups in total. The first-order valence-corrected chi connectivity index (χ1v) is 6.68. The van der Waals surface area contributed by atoms with E-state index in [0.29, 0.717) is 23.9 Å². The van der Waals surface area contributed by atoms with E-state index in [2.05, 4.69) is 5.32 Å². The fourth-order valence-electron chi connectivity index (χ4n) is 2.10. The fourth-order valence-corrected chi connectivity index (χ4v) is 2.23. The van der Waals surface area contributed by atoms with Crippen LogP contribution in [0.25, 0.3) is 0 Å². The highest BCUT2D eigenvalue weighted by Gasteiger charge is 2.23. The molecule has 2 amide bonds. The van der Waals surface area contributed by atoms with E-state index in [1.54, 1.807) is 29.2 Å². The summed E-state index contributed by atoms with van der Waals surface area (Å²) in [4.78, 5) is 14.0. The van der Waals surface area contributed by atoms with Crippen molar-refractivity contribution < 1.29 is 9.53 Å². The second-order valence-corrected chi connectivity index (χ2v) is 4.84. The number of nitrogens with zero attached hydrogens (tertiary/aromatic N) is 1. The molecule has 102 valence electrons. The number of halogens is 1.